The number of hydrogen-bond acceptors (Lipinski definition) is 8. The molecule has 2 fully saturated rings. The van der Waals surface area contributed by atoms with E-state index in [1.54, 1.807) is 17.5 Å². The summed E-state index contributed by atoms with van der Waals surface area (Å²) in [5.41, 5.74) is 0.685. The highest BCUT2D eigenvalue weighted by atomic mass is 35.5. The monoisotopic (exact) mass is 423 g/mol. The van der Waals surface area contributed by atoms with Crippen LogP contribution in [0, 0.1) is 5.92 Å². The van der Waals surface area contributed by atoms with Gasteiger partial charge < -0.3 is 20.1 Å². The van der Waals surface area contributed by atoms with E-state index < -0.39 is 6.10 Å². The molecule has 4 heterocycles. The highest BCUT2D eigenvalue weighted by Gasteiger charge is 2.29. The van der Waals surface area contributed by atoms with Gasteiger partial charge in [-0.25, -0.2) is 15.0 Å². The van der Waals surface area contributed by atoms with E-state index in [1.165, 1.54) is 0 Å². The van der Waals surface area contributed by atoms with E-state index in [4.69, 9.17) is 21.3 Å². The van der Waals surface area contributed by atoms with Crippen molar-refractivity contribution in [1.29, 1.82) is 0 Å². The molecular weight excluding hydrogens is 398 g/mol. The fourth-order valence-corrected chi connectivity index (χ4v) is 5.39. The summed E-state index contributed by atoms with van der Waals surface area (Å²) < 4.78 is 5.28. The number of thiazole rings is 1. The zero-order valence-electron chi connectivity index (χ0n) is 16.1. The van der Waals surface area contributed by atoms with Gasteiger partial charge in [0.25, 0.3) is 0 Å². The minimum atomic E-state index is -0.572. The summed E-state index contributed by atoms with van der Waals surface area (Å²) in [5, 5.41) is 15.0. The Morgan fingerprint density at radius 2 is 2.18 bits per heavy atom. The first-order valence-electron chi connectivity index (χ1n) is 9.70. The molecule has 2 N–H and O–H groups in total. The van der Waals surface area contributed by atoms with Crippen LogP contribution in [-0.4, -0.2) is 70.5 Å². The first kappa shape index (κ1) is 20.0. The standard InChI is InChI=1S/C19H26ClN5O2S/c1-11-9-25(2)5-3-12(11)18-21-8-16(28-18)17-13(20)7-22-19(24-17)23-14-4-6-27-10-15(14)26/h7-8,11-12,14-15,26H,3-6,9-10H2,1-2H3,(H,22,23,24)/t11-,12-,14+,15+/m0/s1. The van der Waals surface area contributed by atoms with Gasteiger partial charge in [-0.05, 0) is 32.4 Å². The summed E-state index contributed by atoms with van der Waals surface area (Å²) in [6, 6.07) is -0.125. The van der Waals surface area contributed by atoms with Crippen LogP contribution in [0.3, 0.4) is 0 Å². The van der Waals surface area contributed by atoms with Crippen LogP contribution in [0.5, 0.6) is 0 Å². The minimum Gasteiger partial charge on any atom is -0.389 e. The molecular formula is C19H26ClN5O2S. The van der Waals surface area contributed by atoms with Gasteiger partial charge >= 0.3 is 0 Å². The van der Waals surface area contributed by atoms with Gasteiger partial charge in [-0.3, -0.25) is 0 Å². The van der Waals surface area contributed by atoms with Crippen LogP contribution in [0.2, 0.25) is 5.02 Å². The van der Waals surface area contributed by atoms with Gasteiger partial charge in [-0.1, -0.05) is 18.5 Å². The van der Waals surface area contributed by atoms with E-state index in [0.29, 0.717) is 48.1 Å². The number of anilines is 1. The van der Waals surface area contributed by atoms with Crippen molar-refractivity contribution in [1.82, 2.24) is 19.9 Å². The molecule has 0 radical (unpaired) electrons. The SMILES string of the molecule is C[C@H]1CN(C)CC[C@@H]1c1ncc(-c2nc(N[C@@H]3CCOC[C@H]3O)ncc2Cl)s1. The second kappa shape index (κ2) is 8.59. The van der Waals surface area contributed by atoms with Crippen LogP contribution >= 0.6 is 22.9 Å². The van der Waals surface area contributed by atoms with Crippen molar-refractivity contribution >= 4 is 28.9 Å². The van der Waals surface area contributed by atoms with Crippen molar-refractivity contribution in [3.8, 4) is 10.6 Å². The van der Waals surface area contributed by atoms with Gasteiger partial charge in [-0.2, -0.15) is 0 Å². The Bertz CT molecular complexity index is 819. The highest BCUT2D eigenvalue weighted by molar-refractivity contribution is 7.15. The normalized spacial score (nSPS) is 29.0. The average Bonchev–Trinajstić information content (AvgIpc) is 3.14. The smallest absolute Gasteiger partial charge is 0.223 e. The zero-order chi connectivity index (χ0) is 19.7. The Labute approximate surface area is 174 Å². The number of ether oxygens (including phenoxy) is 1. The molecule has 7 nitrogen and oxygen atoms in total. The molecule has 0 bridgehead atoms. The second-order valence-electron chi connectivity index (χ2n) is 7.77. The molecule has 2 aliphatic rings. The lowest BCUT2D eigenvalue weighted by molar-refractivity contribution is -0.0136. The van der Waals surface area contributed by atoms with Crippen LogP contribution < -0.4 is 5.32 Å². The highest BCUT2D eigenvalue weighted by Crippen LogP contribution is 2.38. The molecule has 0 amide bonds. The van der Waals surface area contributed by atoms with E-state index in [-0.39, 0.29) is 6.04 Å². The number of nitrogens with one attached hydrogen (secondary N) is 1. The van der Waals surface area contributed by atoms with Gasteiger partial charge in [0.2, 0.25) is 5.95 Å². The number of halogens is 1. The topological polar surface area (TPSA) is 83.4 Å². The second-order valence-corrected chi connectivity index (χ2v) is 9.24. The van der Waals surface area contributed by atoms with Gasteiger partial charge in [0.05, 0.1) is 39.9 Å². The Hall–Kier alpha value is -1.32. The van der Waals surface area contributed by atoms with Gasteiger partial charge in [0.1, 0.15) is 5.69 Å². The zero-order valence-corrected chi connectivity index (χ0v) is 17.7. The van der Waals surface area contributed by atoms with Crippen LogP contribution in [-0.2, 0) is 4.74 Å². The first-order valence-corrected chi connectivity index (χ1v) is 10.9. The lowest BCUT2D eigenvalue weighted by Crippen LogP contribution is -2.42. The molecule has 2 aliphatic heterocycles. The van der Waals surface area contributed by atoms with Crippen LogP contribution in [0.25, 0.3) is 10.6 Å². The average molecular weight is 424 g/mol. The predicted octanol–water partition coefficient (Wildman–Crippen LogP) is 2.87. The fourth-order valence-electron chi connectivity index (χ4n) is 3.96. The fraction of sp³-hybridized carbons (Fsp3) is 0.632. The van der Waals surface area contributed by atoms with Crippen molar-refractivity contribution < 1.29 is 9.84 Å². The number of piperidine rings is 1. The minimum absolute atomic E-state index is 0.125. The van der Waals surface area contributed by atoms with Gasteiger partial charge in [-0.15, -0.1) is 11.3 Å². The van der Waals surface area contributed by atoms with Crippen molar-refractivity contribution in [3.63, 3.8) is 0 Å². The number of aliphatic hydroxyl groups is 1. The summed E-state index contributed by atoms with van der Waals surface area (Å²) in [7, 11) is 2.17. The van der Waals surface area contributed by atoms with Crippen molar-refractivity contribution in [3.05, 3.63) is 22.4 Å². The molecule has 0 saturated carbocycles. The third-order valence-corrected chi connectivity index (χ3v) is 6.98. The van der Waals surface area contributed by atoms with Crippen molar-refractivity contribution in [2.45, 2.75) is 37.8 Å². The van der Waals surface area contributed by atoms with E-state index in [0.717, 1.165) is 29.4 Å². The summed E-state index contributed by atoms with van der Waals surface area (Å²) in [6.07, 6.45) is 4.73. The lowest BCUT2D eigenvalue weighted by atomic mass is 9.88. The third kappa shape index (κ3) is 4.31. The number of aromatic nitrogens is 3. The van der Waals surface area contributed by atoms with Gasteiger partial charge in [0.15, 0.2) is 0 Å². The summed E-state index contributed by atoms with van der Waals surface area (Å²) in [5.74, 6) is 1.52. The number of nitrogens with zero attached hydrogens (tertiary/aromatic N) is 4. The molecule has 0 spiro atoms. The molecule has 0 aromatic carbocycles. The maximum atomic E-state index is 10.1. The van der Waals surface area contributed by atoms with Crippen LogP contribution in [0.15, 0.2) is 12.4 Å². The van der Waals surface area contributed by atoms with E-state index in [2.05, 4.69) is 34.2 Å². The largest absolute Gasteiger partial charge is 0.389 e. The molecule has 4 rings (SSSR count). The maximum absolute atomic E-state index is 10.1. The molecule has 0 unspecified atom stereocenters. The van der Waals surface area contributed by atoms with E-state index >= 15 is 0 Å². The number of aliphatic hydroxyl groups excluding tert-OH is 1. The maximum Gasteiger partial charge on any atom is 0.223 e. The summed E-state index contributed by atoms with van der Waals surface area (Å²) in [4.78, 5) is 16.9. The summed E-state index contributed by atoms with van der Waals surface area (Å²) >= 11 is 8.06. The van der Waals surface area contributed by atoms with Gasteiger partial charge in [0, 0.05) is 25.3 Å². The molecule has 4 atom stereocenters. The Balaban J connectivity index is 1.53. The summed E-state index contributed by atoms with van der Waals surface area (Å²) in [6.45, 7) is 5.42. The quantitative estimate of drug-likeness (QED) is 0.782. The van der Waals surface area contributed by atoms with Crippen LogP contribution in [0.4, 0.5) is 5.95 Å². The first-order chi connectivity index (χ1) is 13.5. The Morgan fingerprint density at radius 1 is 1.32 bits per heavy atom. The van der Waals surface area contributed by atoms with E-state index in [9.17, 15) is 5.11 Å². The molecule has 0 aliphatic carbocycles. The number of hydrogen-bond donors (Lipinski definition) is 2. The molecule has 2 aromatic heterocycles. The molecule has 28 heavy (non-hydrogen) atoms. The molecule has 9 heteroatoms. The van der Waals surface area contributed by atoms with Crippen LogP contribution in [0.1, 0.15) is 30.7 Å². The number of likely N-dealkylation sites (tertiary alicyclic amines) is 1. The molecule has 2 saturated heterocycles. The molecule has 2 aromatic rings. The Morgan fingerprint density at radius 3 is 2.96 bits per heavy atom. The Kier molecular flexibility index (Phi) is 6.13. The lowest BCUT2D eigenvalue weighted by Gasteiger charge is -2.33. The predicted molar refractivity (Wildman–Crippen MR) is 111 cm³/mol. The third-order valence-electron chi connectivity index (χ3n) is 5.57. The number of rotatable bonds is 4. The van der Waals surface area contributed by atoms with Crippen molar-refractivity contribution in [2.24, 2.45) is 5.92 Å². The van der Waals surface area contributed by atoms with Crippen molar-refractivity contribution in [2.75, 3.05) is 38.7 Å². The molecule has 152 valence electrons. The van der Waals surface area contributed by atoms with E-state index in [1.807, 2.05) is 6.20 Å².